The number of piperazine rings is 1. The Labute approximate surface area is 202 Å². The number of benzene rings is 2. The van der Waals surface area contributed by atoms with Crippen LogP contribution < -0.4 is 5.32 Å². The van der Waals surface area contributed by atoms with Gasteiger partial charge in [0.2, 0.25) is 5.91 Å². The van der Waals surface area contributed by atoms with Crippen LogP contribution in [0, 0.1) is 21.4 Å². The number of carbonyl (C=O) groups is 3. The molecule has 1 aliphatic carbocycles. The highest BCUT2D eigenvalue weighted by Gasteiger charge is 2.72. The average Bonchev–Trinajstić information content (AvgIpc) is 3.29. The van der Waals surface area contributed by atoms with Crippen molar-refractivity contribution in [2.45, 2.75) is 44.2 Å². The lowest BCUT2D eigenvalue weighted by Crippen LogP contribution is -2.83. The number of nitro benzene ring substituents is 1. The molecule has 2 bridgehead atoms. The molecular formula is C27H25N3O5. The van der Waals surface area contributed by atoms with E-state index in [2.05, 4.69) is 5.32 Å². The minimum absolute atomic E-state index is 0.111. The molecule has 2 spiro atoms. The standard InChI is InChI=1S/C27H25N3O5/c1-25(2)21-15-26-11-6-12-29(26)24(33)27(21,28-23(26)32)14-19(22(25)31)18-10-9-17(13-20(18)30(34)35)16-7-4-3-5-8-16/h3-5,7-10,13-14,21H,6,11-12,15H2,1-2H3,(H,28,32)/t21?,26?,27-/m0/s1. The Morgan fingerprint density at radius 1 is 1.06 bits per heavy atom. The van der Waals surface area contributed by atoms with Gasteiger partial charge in [0.1, 0.15) is 11.1 Å². The molecule has 2 amide bonds. The summed E-state index contributed by atoms with van der Waals surface area (Å²) >= 11 is 0. The van der Waals surface area contributed by atoms with E-state index in [1.807, 2.05) is 30.3 Å². The van der Waals surface area contributed by atoms with Crippen LogP contribution >= 0.6 is 0 Å². The zero-order chi connectivity index (χ0) is 24.8. The first-order valence-electron chi connectivity index (χ1n) is 11.9. The Hall–Kier alpha value is -3.81. The van der Waals surface area contributed by atoms with Crippen molar-refractivity contribution >= 4 is 28.9 Å². The zero-order valence-corrected chi connectivity index (χ0v) is 19.5. The van der Waals surface area contributed by atoms with E-state index in [0.717, 1.165) is 12.0 Å². The monoisotopic (exact) mass is 471 g/mol. The van der Waals surface area contributed by atoms with Crippen molar-refractivity contribution in [2.75, 3.05) is 6.54 Å². The maximum absolute atomic E-state index is 13.9. The number of piperidine rings is 2. The molecule has 2 aromatic carbocycles. The number of nitrogens with one attached hydrogen (secondary N) is 1. The van der Waals surface area contributed by atoms with E-state index in [1.54, 1.807) is 30.9 Å². The number of rotatable bonds is 3. The van der Waals surface area contributed by atoms with Gasteiger partial charge in [-0.15, -0.1) is 0 Å². The second kappa shape index (κ2) is 6.87. The van der Waals surface area contributed by atoms with Crippen molar-refractivity contribution in [2.24, 2.45) is 11.3 Å². The van der Waals surface area contributed by atoms with E-state index in [0.29, 0.717) is 24.9 Å². The Morgan fingerprint density at radius 3 is 2.51 bits per heavy atom. The van der Waals surface area contributed by atoms with Crippen LogP contribution in [0.25, 0.3) is 16.7 Å². The summed E-state index contributed by atoms with van der Waals surface area (Å²) in [7, 11) is 0. The van der Waals surface area contributed by atoms with E-state index in [-0.39, 0.29) is 34.4 Å². The van der Waals surface area contributed by atoms with Crippen molar-refractivity contribution in [3.8, 4) is 11.1 Å². The first-order valence-corrected chi connectivity index (χ1v) is 11.9. The lowest BCUT2D eigenvalue weighted by Gasteiger charge is -2.62. The SMILES string of the molecule is CC1(C)C(=O)C(c2ccc(-c3ccccc3)cc2[N+](=O)[O-])=C[C@@]23NC(=O)C4(CCCN4C2=O)CC13. The van der Waals surface area contributed by atoms with Crippen molar-refractivity contribution in [1.29, 1.82) is 0 Å². The largest absolute Gasteiger partial charge is 0.336 e. The summed E-state index contributed by atoms with van der Waals surface area (Å²) in [5, 5.41) is 15.1. The molecule has 3 atom stereocenters. The number of Topliss-reactive ketones (excluding diaryl/α,β-unsaturated/α-hetero) is 1. The molecule has 4 fully saturated rings. The van der Waals surface area contributed by atoms with Gasteiger partial charge in [-0.25, -0.2) is 0 Å². The molecule has 0 aromatic heterocycles. The number of nitrogens with zero attached hydrogens (tertiary/aromatic N) is 2. The van der Waals surface area contributed by atoms with Crippen molar-refractivity contribution in [1.82, 2.24) is 10.2 Å². The van der Waals surface area contributed by atoms with Crippen molar-refractivity contribution < 1.29 is 19.3 Å². The predicted octanol–water partition coefficient (Wildman–Crippen LogP) is 3.50. The number of hydrogen-bond acceptors (Lipinski definition) is 5. The molecule has 4 aliphatic heterocycles. The molecular weight excluding hydrogens is 446 g/mol. The van der Waals surface area contributed by atoms with E-state index in [9.17, 15) is 24.5 Å². The maximum Gasteiger partial charge on any atom is 0.277 e. The number of nitro groups is 1. The Kier molecular flexibility index (Phi) is 4.26. The molecule has 7 rings (SSSR count). The molecule has 4 heterocycles. The third kappa shape index (κ3) is 2.65. The number of carbonyl (C=O) groups excluding carboxylic acids is 3. The average molecular weight is 472 g/mol. The third-order valence-electron chi connectivity index (χ3n) is 8.59. The van der Waals surface area contributed by atoms with Crippen LogP contribution in [-0.2, 0) is 14.4 Å². The van der Waals surface area contributed by atoms with E-state index in [1.165, 1.54) is 12.1 Å². The maximum atomic E-state index is 13.9. The molecule has 8 nitrogen and oxygen atoms in total. The van der Waals surface area contributed by atoms with Crippen LogP contribution in [0.5, 0.6) is 0 Å². The fraction of sp³-hybridized carbons (Fsp3) is 0.370. The fourth-order valence-corrected chi connectivity index (χ4v) is 6.77. The highest BCUT2D eigenvalue weighted by Crippen LogP contribution is 2.58. The summed E-state index contributed by atoms with van der Waals surface area (Å²) in [5.74, 6) is -1.08. The van der Waals surface area contributed by atoms with Crippen LogP contribution in [0.1, 0.15) is 38.7 Å². The summed E-state index contributed by atoms with van der Waals surface area (Å²) in [6, 6.07) is 14.1. The van der Waals surface area contributed by atoms with Gasteiger partial charge in [0, 0.05) is 29.5 Å². The van der Waals surface area contributed by atoms with E-state index >= 15 is 0 Å². The zero-order valence-electron chi connectivity index (χ0n) is 19.5. The number of ketones is 1. The number of hydrogen-bond donors (Lipinski definition) is 1. The molecule has 2 aromatic rings. The van der Waals surface area contributed by atoms with Crippen LogP contribution in [-0.4, -0.2) is 45.0 Å². The highest BCUT2D eigenvalue weighted by molar-refractivity contribution is 6.27. The van der Waals surface area contributed by atoms with Crippen LogP contribution in [0.4, 0.5) is 5.69 Å². The van der Waals surface area contributed by atoms with E-state index < -0.39 is 27.3 Å². The molecule has 35 heavy (non-hydrogen) atoms. The van der Waals surface area contributed by atoms with Gasteiger partial charge in [0.05, 0.1) is 10.5 Å². The number of amides is 2. The third-order valence-corrected chi connectivity index (χ3v) is 8.59. The second-order valence-electron chi connectivity index (χ2n) is 10.6. The highest BCUT2D eigenvalue weighted by atomic mass is 16.6. The first kappa shape index (κ1) is 21.7. The molecule has 4 saturated heterocycles. The summed E-state index contributed by atoms with van der Waals surface area (Å²) in [6.45, 7) is 4.08. The summed E-state index contributed by atoms with van der Waals surface area (Å²) in [6.07, 6.45) is 3.25. The van der Waals surface area contributed by atoms with Gasteiger partial charge in [-0.05, 0) is 42.5 Å². The molecule has 0 saturated carbocycles. The van der Waals surface area contributed by atoms with Crippen LogP contribution in [0.15, 0.2) is 54.6 Å². The smallest absolute Gasteiger partial charge is 0.277 e. The van der Waals surface area contributed by atoms with Crippen LogP contribution in [0.2, 0.25) is 0 Å². The van der Waals surface area contributed by atoms with Gasteiger partial charge in [0.25, 0.3) is 11.6 Å². The number of fused-ring (bicyclic) bond motifs is 1. The van der Waals surface area contributed by atoms with Gasteiger partial charge in [-0.1, -0.05) is 50.2 Å². The molecule has 2 unspecified atom stereocenters. The van der Waals surface area contributed by atoms with Gasteiger partial charge in [0.15, 0.2) is 5.78 Å². The van der Waals surface area contributed by atoms with Gasteiger partial charge in [-0.3, -0.25) is 24.5 Å². The molecule has 5 aliphatic rings. The quantitative estimate of drug-likeness (QED) is 0.544. The molecule has 178 valence electrons. The molecule has 1 N–H and O–H groups in total. The lowest BCUT2D eigenvalue weighted by molar-refractivity contribution is -0.385. The van der Waals surface area contributed by atoms with Crippen molar-refractivity contribution in [3.05, 3.63) is 70.3 Å². The number of allylic oxidation sites excluding steroid dienone is 1. The van der Waals surface area contributed by atoms with Crippen molar-refractivity contribution in [3.63, 3.8) is 0 Å². The van der Waals surface area contributed by atoms with Gasteiger partial charge in [-0.2, -0.15) is 0 Å². The van der Waals surface area contributed by atoms with Crippen LogP contribution in [0.3, 0.4) is 0 Å². The topological polar surface area (TPSA) is 110 Å². The molecule has 0 radical (unpaired) electrons. The Morgan fingerprint density at radius 2 is 1.80 bits per heavy atom. The minimum Gasteiger partial charge on any atom is -0.336 e. The van der Waals surface area contributed by atoms with Gasteiger partial charge < -0.3 is 10.2 Å². The second-order valence-corrected chi connectivity index (χ2v) is 10.6. The minimum atomic E-state index is -1.39. The first-order chi connectivity index (χ1) is 16.6. The Bertz CT molecular complexity index is 1360. The lowest BCUT2D eigenvalue weighted by atomic mass is 9.51. The summed E-state index contributed by atoms with van der Waals surface area (Å²) in [5.41, 5.74) is -1.75. The normalized spacial score (nSPS) is 30.5. The van der Waals surface area contributed by atoms with E-state index in [4.69, 9.17) is 0 Å². The predicted molar refractivity (Wildman–Crippen MR) is 128 cm³/mol. The fourth-order valence-electron chi connectivity index (χ4n) is 6.77. The molecule has 8 heteroatoms. The van der Waals surface area contributed by atoms with Gasteiger partial charge >= 0.3 is 0 Å². The summed E-state index contributed by atoms with van der Waals surface area (Å²) < 4.78 is 0. The Balaban J connectivity index is 1.55. The summed E-state index contributed by atoms with van der Waals surface area (Å²) in [4.78, 5) is 54.2.